The molecule has 1 unspecified atom stereocenters. The summed E-state index contributed by atoms with van der Waals surface area (Å²) < 4.78 is 15.8. The maximum atomic E-state index is 12.2. The van der Waals surface area contributed by atoms with Crippen LogP contribution in [-0.2, 0) is 14.3 Å². The van der Waals surface area contributed by atoms with Gasteiger partial charge in [0.1, 0.15) is 6.04 Å². The molecule has 7 heteroatoms. The summed E-state index contributed by atoms with van der Waals surface area (Å²) in [7, 11) is 1.53. The second-order valence-electron chi connectivity index (χ2n) is 5.17. The molecule has 126 valence electrons. The normalized spacial score (nSPS) is 15.7. The van der Waals surface area contributed by atoms with Crippen LogP contribution in [-0.4, -0.2) is 62.8 Å². The van der Waals surface area contributed by atoms with Crippen LogP contribution in [0.2, 0.25) is 0 Å². The molecule has 7 nitrogen and oxygen atoms in total. The molecule has 2 amide bonds. The summed E-state index contributed by atoms with van der Waals surface area (Å²) in [5.74, 6) is 0.569. The molecule has 1 heterocycles. The maximum absolute atomic E-state index is 12.2. The number of methoxy groups -OCH3 is 1. The third-order valence-electron chi connectivity index (χ3n) is 3.50. The first-order valence-electron chi connectivity index (χ1n) is 7.53. The topological polar surface area (TPSA) is 77.1 Å². The van der Waals surface area contributed by atoms with E-state index in [2.05, 4.69) is 5.32 Å². The molecule has 1 aliphatic rings. The number of rotatable bonds is 6. The summed E-state index contributed by atoms with van der Waals surface area (Å²) in [5, 5.41) is 2.65. The number of para-hydroxylation sites is 2. The van der Waals surface area contributed by atoms with Crippen LogP contribution in [0.1, 0.15) is 6.92 Å². The van der Waals surface area contributed by atoms with Gasteiger partial charge in [-0.1, -0.05) is 12.1 Å². The molecular weight excluding hydrogens is 300 g/mol. The fourth-order valence-corrected chi connectivity index (χ4v) is 2.28. The quantitative estimate of drug-likeness (QED) is 0.822. The smallest absolute Gasteiger partial charge is 0.258 e. The van der Waals surface area contributed by atoms with Crippen LogP contribution < -0.4 is 14.8 Å². The summed E-state index contributed by atoms with van der Waals surface area (Å²) >= 11 is 0. The van der Waals surface area contributed by atoms with Crippen molar-refractivity contribution in [1.29, 1.82) is 0 Å². The molecule has 1 aromatic rings. The zero-order valence-corrected chi connectivity index (χ0v) is 13.4. The van der Waals surface area contributed by atoms with Gasteiger partial charge in [0.25, 0.3) is 5.91 Å². The van der Waals surface area contributed by atoms with Crippen LogP contribution in [0.15, 0.2) is 24.3 Å². The Morgan fingerprint density at radius 2 is 1.91 bits per heavy atom. The fraction of sp³-hybridized carbons (Fsp3) is 0.500. The molecule has 0 aromatic heterocycles. The number of benzene rings is 1. The molecule has 1 N–H and O–H groups in total. The lowest BCUT2D eigenvalue weighted by molar-refractivity contribution is -0.139. The van der Waals surface area contributed by atoms with E-state index in [1.54, 1.807) is 30.0 Å². The third kappa shape index (κ3) is 4.85. The lowest BCUT2D eigenvalue weighted by atomic mass is 10.2. The van der Waals surface area contributed by atoms with Gasteiger partial charge in [0.05, 0.1) is 20.3 Å². The van der Waals surface area contributed by atoms with Gasteiger partial charge in [0, 0.05) is 13.1 Å². The van der Waals surface area contributed by atoms with Gasteiger partial charge in [-0.3, -0.25) is 9.59 Å². The van der Waals surface area contributed by atoms with Crippen LogP contribution in [0.3, 0.4) is 0 Å². The summed E-state index contributed by atoms with van der Waals surface area (Å²) in [6.45, 7) is 3.65. The van der Waals surface area contributed by atoms with Gasteiger partial charge in [-0.15, -0.1) is 0 Å². The van der Waals surface area contributed by atoms with Gasteiger partial charge in [-0.2, -0.15) is 0 Å². The predicted octanol–water partition coefficient (Wildman–Crippen LogP) is 0.438. The highest BCUT2D eigenvalue weighted by Gasteiger charge is 2.23. The Hall–Kier alpha value is -2.28. The lowest BCUT2D eigenvalue weighted by Crippen LogP contribution is -2.51. The van der Waals surface area contributed by atoms with Gasteiger partial charge in [-0.05, 0) is 19.1 Å². The molecule has 0 bridgehead atoms. The Bertz CT molecular complexity index is 543. The van der Waals surface area contributed by atoms with Crippen molar-refractivity contribution in [2.24, 2.45) is 0 Å². The molecule has 1 atom stereocenters. The van der Waals surface area contributed by atoms with Crippen LogP contribution >= 0.6 is 0 Å². The Morgan fingerprint density at radius 1 is 1.26 bits per heavy atom. The molecule has 0 saturated carbocycles. The number of morpholine rings is 1. The minimum absolute atomic E-state index is 0.112. The first kappa shape index (κ1) is 17.1. The number of carbonyl (C=O) groups is 2. The standard InChI is InChI=1S/C16H22N2O5/c1-12(16(20)18-7-9-22-10-8-18)17-15(19)11-23-14-6-4-3-5-13(14)21-2/h3-6,12H,7-11H2,1-2H3,(H,17,19). The number of nitrogens with one attached hydrogen (secondary N) is 1. The molecule has 0 aliphatic carbocycles. The number of hydrogen-bond acceptors (Lipinski definition) is 5. The van der Waals surface area contributed by atoms with Crippen molar-refractivity contribution in [2.45, 2.75) is 13.0 Å². The van der Waals surface area contributed by atoms with Gasteiger partial charge in [0.15, 0.2) is 18.1 Å². The number of amides is 2. The van der Waals surface area contributed by atoms with E-state index < -0.39 is 6.04 Å². The zero-order chi connectivity index (χ0) is 16.7. The molecule has 23 heavy (non-hydrogen) atoms. The van der Waals surface area contributed by atoms with Gasteiger partial charge < -0.3 is 24.4 Å². The van der Waals surface area contributed by atoms with Crippen LogP contribution in [0.25, 0.3) is 0 Å². The van der Waals surface area contributed by atoms with E-state index in [0.29, 0.717) is 37.8 Å². The van der Waals surface area contributed by atoms with Crippen molar-refractivity contribution in [3.05, 3.63) is 24.3 Å². The van der Waals surface area contributed by atoms with Crippen molar-refractivity contribution in [1.82, 2.24) is 10.2 Å². The second-order valence-corrected chi connectivity index (χ2v) is 5.17. The van der Waals surface area contributed by atoms with E-state index >= 15 is 0 Å². The van der Waals surface area contributed by atoms with Crippen LogP contribution in [0.5, 0.6) is 11.5 Å². The first-order valence-corrected chi connectivity index (χ1v) is 7.53. The third-order valence-corrected chi connectivity index (χ3v) is 3.50. The van der Waals surface area contributed by atoms with E-state index in [0.717, 1.165) is 0 Å². The maximum Gasteiger partial charge on any atom is 0.258 e. The Morgan fingerprint density at radius 3 is 2.57 bits per heavy atom. The molecular formula is C16H22N2O5. The van der Waals surface area contributed by atoms with E-state index in [9.17, 15) is 9.59 Å². The summed E-state index contributed by atoms with van der Waals surface area (Å²) in [6.07, 6.45) is 0. The average molecular weight is 322 g/mol. The van der Waals surface area contributed by atoms with Gasteiger partial charge >= 0.3 is 0 Å². The Kier molecular flexibility index (Phi) is 6.22. The number of carbonyl (C=O) groups excluding carboxylic acids is 2. The Balaban J connectivity index is 1.80. The highest BCUT2D eigenvalue weighted by Crippen LogP contribution is 2.25. The largest absolute Gasteiger partial charge is 0.493 e. The van der Waals surface area contributed by atoms with Crippen molar-refractivity contribution < 1.29 is 23.8 Å². The van der Waals surface area contributed by atoms with E-state index in [-0.39, 0.29) is 18.4 Å². The monoisotopic (exact) mass is 322 g/mol. The minimum Gasteiger partial charge on any atom is -0.493 e. The van der Waals surface area contributed by atoms with Crippen molar-refractivity contribution in [3.8, 4) is 11.5 Å². The van der Waals surface area contributed by atoms with Crippen molar-refractivity contribution >= 4 is 11.8 Å². The molecule has 1 aliphatic heterocycles. The molecule has 2 rings (SSSR count). The summed E-state index contributed by atoms with van der Waals surface area (Å²) in [6, 6.07) is 6.48. The molecule has 1 aromatic carbocycles. The van der Waals surface area contributed by atoms with Gasteiger partial charge in [-0.25, -0.2) is 0 Å². The first-order chi connectivity index (χ1) is 11.1. The van der Waals surface area contributed by atoms with Crippen LogP contribution in [0.4, 0.5) is 0 Å². The second kappa shape index (κ2) is 8.38. The molecule has 1 fully saturated rings. The molecule has 0 radical (unpaired) electrons. The lowest BCUT2D eigenvalue weighted by Gasteiger charge is -2.29. The highest BCUT2D eigenvalue weighted by atomic mass is 16.5. The minimum atomic E-state index is -0.595. The highest BCUT2D eigenvalue weighted by molar-refractivity contribution is 5.87. The molecule has 0 spiro atoms. The fourth-order valence-electron chi connectivity index (χ4n) is 2.28. The zero-order valence-electron chi connectivity index (χ0n) is 13.4. The number of ether oxygens (including phenoxy) is 3. The van der Waals surface area contributed by atoms with Crippen molar-refractivity contribution in [2.75, 3.05) is 40.0 Å². The number of hydrogen-bond donors (Lipinski definition) is 1. The average Bonchev–Trinajstić information content (AvgIpc) is 2.60. The van der Waals surface area contributed by atoms with E-state index in [1.807, 2.05) is 6.07 Å². The van der Waals surface area contributed by atoms with Crippen LogP contribution in [0, 0.1) is 0 Å². The number of nitrogens with zero attached hydrogens (tertiary/aromatic N) is 1. The van der Waals surface area contributed by atoms with Crippen molar-refractivity contribution in [3.63, 3.8) is 0 Å². The van der Waals surface area contributed by atoms with E-state index in [4.69, 9.17) is 14.2 Å². The van der Waals surface area contributed by atoms with Gasteiger partial charge in [0.2, 0.25) is 5.91 Å². The Labute approximate surface area is 135 Å². The SMILES string of the molecule is COc1ccccc1OCC(=O)NC(C)C(=O)N1CCOCC1. The predicted molar refractivity (Wildman–Crippen MR) is 83.5 cm³/mol. The summed E-state index contributed by atoms with van der Waals surface area (Å²) in [5.41, 5.74) is 0. The summed E-state index contributed by atoms with van der Waals surface area (Å²) in [4.78, 5) is 25.8. The van der Waals surface area contributed by atoms with E-state index in [1.165, 1.54) is 7.11 Å². The molecule has 1 saturated heterocycles.